The molecule has 0 atom stereocenters. The Morgan fingerprint density at radius 2 is 1.96 bits per heavy atom. The molecule has 4 rings (SSSR count). The van der Waals surface area contributed by atoms with Gasteiger partial charge in [0.25, 0.3) is 0 Å². The lowest BCUT2D eigenvalue weighted by atomic mass is 10.1. The summed E-state index contributed by atoms with van der Waals surface area (Å²) in [7, 11) is 0. The maximum absolute atomic E-state index is 10.3. The quantitative estimate of drug-likeness (QED) is 0.416. The van der Waals surface area contributed by atoms with Gasteiger partial charge >= 0.3 is 0 Å². The first-order valence-corrected chi connectivity index (χ1v) is 10.9. The van der Waals surface area contributed by atoms with Crippen LogP contribution in [0.3, 0.4) is 0 Å². The van der Waals surface area contributed by atoms with E-state index in [-0.39, 0.29) is 0 Å². The number of phenols is 1. The second-order valence-corrected chi connectivity index (χ2v) is 8.85. The van der Waals surface area contributed by atoms with Crippen LogP contribution in [0.25, 0.3) is 10.9 Å². The molecule has 2 aromatic carbocycles. The van der Waals surface area contributed by atoms with E-state index >= 15 is 0 Å². The Labute approximate surface area is 171 Å². The molecule has 2 heterocycles. The van der Waals surface area contributed by atoms with E-state index in [4.69, 9.17) is 0 Å². The molecule has 0 amide bonds. The number of rotatable bonds is 4. The van der Waals surface area contributed by atoms with Gasteiger partial charge in [-0.05, 0) is 65.1 Å². The molecule has 1 saturated heterocycles. The van der Waals surface area contributed by atoms with Crippen molar-refractivity contribution in [3.05, 3.63) is 57.8 Å². The predicted molar refractivity (Wildman–Crippen MR) is 118 cm³/mol. The standard InChI is InChI=1S/C20H20IN3OS/c21-15-1-3-17-18(5-6-22-19(17)12-15)23-16-2-4-20(25)14(11-16)13-24-7-9-26-10-8-24/h1-6,11-12,25H,7-10,13H2,(H,22,23). The van der Waals surface area contributed by atoms with Crippen molar-refractivity contribution < 1.29 is 5.11 Å². The van der Waals surface area contributed by atoms with Crippen molar-refractivity contribution in [1.82, 2.24) is 9.88 Å². The number of nitrogens with zero attached hydrogens (tertiary/aromatic N) is 2. The van der Waals surface area contributed by atoms with Gasteiger partial charge in [0.15, 0.2) is 0 Å². The van der Waals surface area contributed by atoms with Gasteiger partial charge in [0, 0.05) is 63.2 Å². The topological polar surface area (TPSA) is 48.4 Å². The third-order valence-electron chi connectivity index (χ3n) is 4.56. The van der Waals surface area contributed by atoms with Gasteiger partial charge in [-0.3, -0.25) is 9.88 Å². The van der Waals surface area contributed by atoms with Crippen LogP contribution in [0.2, 0.25) is 0 Å². The third-order valence-corrected chi connectivity index (χ3v) is 6.17. The lowest BCUT2D eigenvalue weighted by molar-refractivity contribution is 0.289. The highest BCUT2D eigenvalue weighted by atomic mass is 127. The van der Waals surface area contributed by atoms with Crippen molar-refractivity contribution in [2.75, 3.05) is 29.9 Å². The highest BCUT2D eigenvalue weighted by Crippen LogP contribution is 2.29. The molecule has 2 N–H and O–H groups in total. The average molecular weight is 477 g/mol. The summed E-state index contributed by atoms with van der Waals surface area (Å²) in [4.78, 5) is 6.86. The minimum atomic E-state index is 0.364. The number of aromatic hydroxyl groups is 1. The summed E-state index contributed by atoms with van der Waals surface area (Å²) in [5.74, 6) is 2.70. The molecular formula is C20H20IN3OS. The van der Waals surface area contributed by atoms with Gasteiger partial charge in [0.1, 0.15) is 5.75 Å². The largest absolute Gasteiger partial charge is 0.508 e. The van der Waals surface area contributed by atoms with Gasteiger partial charge in [0.2, 0.25) is 0 Å². The number of thioether (sulfide) groups is 1. The summed E-state index contributed by atoms with van der Waals surface area (Å²) in [6.45, 7) is 2.95. The molecule has 1 aliphatic heterocycles. The Balaban J connectivity index is 1.59. The Morgan fingerprint density at radius 1 is 1.12 bits per heavy atom. The number of anilines is 2. The van der Waals surface area contributed by atoms with Crippen LogP contribution in [0.1, 0.15) is 5.56 Å². The Kier molecular flexibility index (Phi) is 5.52. The van der Waals surface area contributed by atoms with E-state index in [2.05, 4.69) is 62.1 Å². The van der Waals surface area contributed by atoms with E-state index in [0.717, 1.165) is 47.5 Å². The number of aromatic nitrogens is 1. The fourth-order valence-electron chi connectivity index (χ4n) is 3.18. The number of hydrogen-bond donors (Lipinski definition) is 2. The lowest BCUT2D eigenvalue weighted by Gasteiger charge is -2.26. The zero-order valence-electron chi connectivity index (χ0n) is 14.3. The highest BCUT2D eigenvalue weighted by molar-refractivity contribution is 14.1. The van der Waals surface area contributed by atoms with Crippen molar-refractivity contribution in [2.45, 2.75) is 6.54 Å². The van der Waals surface area contributed by atoms with Crippen molar-refractivity contribution in [1.29, 1.82) is 0 Å². The summed E-state index contributed by atoms with van der Waals surface area (Å²) in [5, 5.41) is 14.9. The second-order valence-electron chi connectivity index (χ2n) is 6.38. The summed E-state index contributed by atoms with van der Waals surface area (Å²) in [5.41, 5.74) is 3.95. The van der Waals surface area contributed by atoms with E-state index in [1.54, 1.807) is 6.07 Å². The predicted octanol–water partition coefficient (Wildman–Crippen LogP) is 4.84. The van der Waals surface area contributed by atoms with E-state index in [1.165, 1.54) is 15.1 Å². The van der Waals surface area contributed by atoms with Crippen LogP contribution in [0.15, 0.2) is 48.7 Å². The minimum absolute atomic E-state index is 0.364. The third kappa shape index (κ3) is 4.07. The summed E-state index contributed by atoms with van der Waals surface area (Å²) in [6.07, 6.45) is 1.83. The fraction of sp³-hybridized carbons (Fsp3) is 0.250. The zero-order valence-corrected chi connectivity index (χ0v) is 17.3. The number of benzene rings is 2. The molecule has 0 radical (unpaired) electrons. The first-order valence-electron chi connectivity index (χ1n) is 8.62. The molecule has 0 spiro atoms. The van der Waals surface area contributed by atoms with Crippen LogP contribution < -0.4 is 5.32 Å². The van der Waals surface area contributed by atoms with E-state index in [1.807, 2.05) is 30.1 Å². The lowest BCUT2D eigenvalue weighted by Crippen LogP contribution is -2.31. The Bertz CT molecular complexity index is 928. The van der Waals surface area contributed by atoms with Crippen molar-refractivity contribution in [3.8, 4) is 5.75 Å². The molecule has 1 aromatic heterocycles. The van der Waals surface area contributed by atoms with Gasteiger partial charge in [0.05, 0.1) is 5.52 Å². The molecule has 134 valence electrons. The number of halogens is 1. The fourth-order valence-corrected chi connectivity index (χ4v) is 4.63. The number of pyridine rings is 1. The van der Waals surface area contributed by atoms with Crippen molar-refractivity contribution >= 4 is 56.6 Å². The van der Waals surface area contributed by atoms with E-state index < -0.39 is 0 Å². The molecule has 4 nitrogen and oxygen atoms in total. The van der Waals surface area contributed by atoms with Crippen LogP contribution in [-0.4, -0.2) is 39.6 Å². The highest BCUT2D eigenvalue weighted by Gasteiger charge is 2.13. The first kappa shape index (κ1) is 17.9. The van der Waals surface area contributed by atoms with Crippen molar-refractivity contribution in [2.24, 2.45) is 0 Å². The SMILES string of the molecule is Oc1ccc(Nc2ccnc3cc(I)ccc23)cc1CN1CCSCC1. The van der Waals surface area contributed by atoms with Crippen LogP contribution in [-0.2, 0) is 6.54 Å². The number of phenolic OH excluding ortho intramolecular Hbond substituents is 1. The second kappa shape index (κ2) is 8.02. The van der Waals surface area contributed by atoms with Gasteiger partial charge in [-0.1, -0.05) is 0 Å². The zero-order chi connectivity index (χ0) is 17.9. The monoisotopic (exact) mass is 477 g/mol. The minimum Gasteiger partial charge on any atom is -0.508 e. The molecule has 26 heavy (non-hydrogen) atoms. The molecule has 0 bridgehead atoms. The molecule has 0 aliphatic carbocycles. The first-order chi connectivity index (χ1) is 12.7. The van der Waals surface area contributed by atoms with Crippen LogP contribution >= 0.6 is 34.4 Å². The Hall–Kier alpha value is -1.51. The van der Waals surface area contributed by atoms with E-state index in [9.17, 15) is 5.11 Å². The Morgan fingerprint density at radius 3 is 2.81 bits per heavy atom. The molecule has 1 fully saturated rings. The average Bonchev–Trinajstić information content (AvgIpc) is 2.65. The van der Waals surface area contributed by atoms with Gasteiger partial charge in [-0.25, -0.2) is 0 Å². The van der Waals surface area contributed by atoms with Crippen LogP contribution in [0.5, 0.6) is 5.75 Å². The normalized spacial score (nSPS) is 15.3. The van der Waals surface area contributed by atoms with E-state index in [0.29, 0.717) is 5.75 Å². The van der Waals surface area contributed by atoms with Crippen LogP contribution in [0.4, 0.5) is 11.4 Å². The number of fused-ring (bicyclic) bond motifs is 1. The summed E-state index contributed by atoms with van der Waals surface area (Å²) < 4.78 is 1.17. The molecule has 3 aromatic rings. The maximum Gasteiger partial charge on any atom is 0.120 e. The maximum atomic E-state index is 10.3. The molecule has 0 unspecified atom stereocenters. The molecule has 6 heteroatoms. The van der Waals surface area contributed by atoms with Gasteiger partial charge in [-0.2, -0.15) is 11.8 Å². The molecule has 1 aliphatic rings. The number of nitrogens with one attached hydrogen (secondary N) is 1. The smallest absolute Gasteiger partial charge is 0.120 e. The van der Waals surface area contributed by atoms with Crippen LogP contribution in [0, 0.1) is 3.57 Å². The van der Waals surface area contributed by atoms with Gasteiger partial charge < -0.3 is 10.4 Å². The number of hydrogen-bond acceptors (Lipinski definition) is 5. The summed E-state index contributed by atoms with van der Waals surface area (Å²) in [6, 6.07) is 14.0. The van der Waals surface area contributed by atoms with Crippen molar-refractivity contribution in [3.63, 3.8) is 0 Å². The summed E-state index contributed by atoms with van der Waals surface area (Å²) >= 11 is 4.30. The molecule has 0 saturated carbocycles. The molecular weight excluding hydrogens is 457 g/mol. The van der Waals surface area contributed by atoms with Gasteiger partial charge in [-0.15, -0.1) is 0 Å².